The van der Waals surface area contributed by atoms with E-state index in [1.807, 2.05) is 6.07 Å². The number of aromatic nitrogens is 3. The highest BCUT2D eigenvalue weighted by molar-refractivity contribution is 7.92. The number of anilines is 3. The molecule has 3 N–H and O–H groups in total. The zero-order valence-electron chi connectivity index (χ0n) is 24.8. The molecular weight excluding hydrogens is 580 g/mol. The first kappa shape index (κ1) is 32.0. The predicted octanol–water partition coefficient (Wildman–Crippen LogP) is 5.69. The third kappa shape index (κ3) is 8.12. The summed E-state index contributed by atoms with van der Waals surface area (Å²) in [6.45, 7) is 8.22. The average Bonchev–Trinajstić information content (AvgIpc) is 3.45. The van der Waals surface area contributed by atoms with Crippen LogP contribution < -0.4 is 14.8 Å². The first-order valence-corrected chi connectivity index (χ1v) is 15.5. The number of fused-ring (bicyclic) bond motifs is 1. The monoisotopic (exact) mass is 616 g/mol. The number of rotatable bonds is 12. The Morgan fingerprint density at radius 3 is 2.27 bits per heavy atom. The number of nitrogens with one attached hydrogen (secondary N) is 2. The lowest BCUT2D eigenvalue weighted by Crippen LogP contribution is -2.26. The maximum Gasteiger partial charge on any atom is 0.290 e. The van der Waals surface area contributed by atoms with Crippen molar-refractivity contribution in [2.24, 2.45) is 0 Å². The third-order valence-corrected chi connectivity index (χ3v) is 8.46. The van der Waals surface area contributed by atoms with E-state index in [0.717, 1.165) is 43.1 Å². The Morgan fingerprint density at radius 2 is 1.61 bits per heavy atom. The van der Waals surface area contributed by atoms with E-state index >= 15 is 0 Å². The van der Waals surface area contributed by atoms with Crippen LogP contribution in [0.25, 0.3) is 22.2 Å². The Kier molecular flexibility index (Phi) is 10.9. The Hall–Kier alpha value is -4.94. The quantitative estimate of drug-likeness (QED) is 0.151. The van der Waals surface area contributed by atoms with Crippen LogP contribution in [0, 0.1) is 0 Å². The zero-order chi connectivity index (χ0) is 31.5. The number of methoxy groups -OCH3 is 1. The van der Waals surface area contributed by atoms with Crippen LogP contribution in [0.2, 0.25) is 0 Å². The van der Waals surface area contributed by atoms with Crippen molar-refractivity contribution in [3.63, 3.8) is 0 Å². The number of hydrogen-bond acceptors (Lipinski definition) is 8. The number of nitrogens with zero attached hydrogens (tertiary/aromatic N) is 4. The minimum Gasteiger partial charge on any atom is -0.497 e. The second-order valence-corrected chi connectivity index (χ2v) is 11.4. The lowest BCUT2D eigenvalue weighted by atomic mass is 10.1. The van der Waals surface area contributed by atoms with Gasteiger partial charge in [-0.1, -0.05) is 19.9 Å². The Bertz CT molecular complexity index is 1770. The number of hydrogen-bond donors (Lipinski definition) is 3. The molecule has 0 aliphatic heterocycles. The first-order chi connectivity index (χ1) is 21.3. The van der Waals surface area contributed by atoms with Crippen molar-refractivity contribution in [3.8, 4) is 17.0 Å². The number of sulfonamides is 1. The van der Waals surface area contributed by atoms with Gasteiger partial charge in [-0.3, -0.25) is 9.52 Å². The van der Waals surface area contributed by atoms with E-state index in [1.54, 1.807) is 36.4 Å². The van der Waals surface area contributed by atoms with Gasteiger partial charge in [0.2, 0.25) is 0 Å². The molecule has 0 unspecified atom stereocenters. The van der Waals surface area contributed by atoms with E-state index in [0.29, 0.717) is 17.3 Å². The molecule has 0 bridgehead atoms. The average molecular weight is 617 g/mol. The molecule has 11 nitrogen and oxygen atoms in total. The zero-order valence-corrected chi connectivity index (χ0v) is 25.7. The van der Waals surface area contributed by atoms with Gasteiger partial charge in [-0.2, -0.15) is 0 Å². The smallest absolute Gasteiger partial charge is 0.290 e. The molecule has 230 valence electrons. The van der Waals surface area contributed by atoms with Crippen LogP contribution in [0.3, 0.4) is 0 Å². The fraction of sp³-hybridized carbons (Fsp3) is 0.219. The van der Waals surface area contributed by atoms with Gasteiger partial charge in [0.1, 0.15) is 17.9 Å². The molecule has 0 aliphatic rings. The molecule has 12 heteroatoms. The van der Waals surface area contributed by atoms with Crippen LogP contribution in [0.15, 0.2) is 96.3 Å². The summed E-state index contributed by atoms with van der Waals surface area (Å²) < 4.78 is 35.5. The van der Waals surface area contributed by atoms with Gasteiger partial charge in [-0.05, 0) is 79.8 Å². The van der Waals surface area contributed by atoms with E-state index in [-0.39, 0.29) is 11.4 Å². The molecule has 5 aromatic rings. The number of benzene rings is 3. The molecule has 0 aliphatic carbocycles. The lowest BCUT2D eigenvalue weighted by molar-refractivity contribution is -0.122. The molecule has 0 radical (unpaired) electrons. The van der Waals surface area contributed by atoms with Crippen molar-refractivity contribution >= 4 is 44.6 Å². The summed E-state index contributed by atoms with van der Waals surface area (Å²) in [6.07, 6.45) is 3.68. The van der Waals surface area contributed by atoms with Crippen molar-refractivity contribution < 1.29 is 23.1 Å². The normalized spacial score (nSPS) is 11.1. The van der Waals surface area contributed by atoms with Crippen molar-refractivity contribution in [3.05, 3.63) is 91.4 Å². The van der Waals surface area contributed by atoms with Gasteiger partial charge >= 0.3 is 0 Å². The molecule has 0 saturated carbocycles. The Labute approximate surface area is 257 Å². The fourth-order valence-corrected chi connectivity index (χ4v) is 5.72. The van der Waals surface area contributed by atoms with E-state index in [9.17, 15) is 8.42 Å². The molecule has 0 spiro atoms. The fourth-order valence-electron chi connectivity index (χ4n) is 4.67. The standard InChI is InChI=1S/C31H34N6O3S.CH2O2/c1-4-36(5-2)18-19-37-17-16-24-20-23(6-15-30(24)37)29-21-31(33-22-32-29)34-25-7-9-26(10-8-25)35-41(38,39)28-13-11-27(40-3)12-14-28;2-1-3/h6-17,20-22,35H,4-5,18-19H2,1-3H3,(H,32,33,34);1H,(H,2,3). The van der Waals surface area contributed by atoms with Gasteiger partial charge in [0.25, 0.3) is 16.5 Å². The van der Waals surface area contributed by atoms with E-state index < -0.39 is 10.0 Å². The molecular formula is C32H36N6O5S. The maximum atomic E-state index is 12.7. The molecule has 2 heterocycles. The number of carbonyl (C=O) groups is 1. The third-order valence-electron chi connectivity index (χ3n) is 7.06. The second kappa shape index (κ2) is 15.0. The maximum absolute atomic E-state index is 12.7. The minimum absolute atomic E-state index is 0.156. The number of likely N-dealkylation sites (N-methyl/N-ethyl adjacent to an activating group) is 1. The van der Waals surface area contributed by atoms with Crippen LogP contribution in [0.4, 0.5) is 17.2 Å². The van der Waals surface area contributed by atoms with Crippen LogP contribution >= 0.6 is 0 Å². The second-order valence-electron chi connectivity index (χ2n) is 9.69. The van der Waals surface area contributed by atoms with Crippen molar-refractivity contribution in [2.45, 2.75) is 25.3 Å². The van der Waals surface area contributed by atoms with E-state index in [2.05, 4.69) is 73.8 Å². The van der Waals surface area contributed by atoms with Gasteiger partial charge in [0, 0.05) is 53.2 Å². The van der Waals surface area contributed by atoms with E-state index in [1.165, 1.54) is 36.5 Å². The van der Waals surface area contributed by atoms with Crippen LogP contribution in [-0.4, -0.2) is 66.2 Å². The minimum atomic E-state index is -3.72. The summed E-state index contributed by atoms with van der Waals surface area (Å²) in [6, 6.07) is 23.6. The van der Waals surface area contributed by atoms with Gasteiger partial charge in [0.15, 0.2) is 0 Å². The molecule has 3 aromatic carbocycles. The topological polar surface area (TPSA) is 139 Å². The molecule has 0 saturated heterocycles. The summed E-state index contributed by atoms with van der Waals surface area (Å²) in [7, 11) is -2.19. The molecule has 5 rings (SSSR count). The largest absolute Gasteiger partial charge is 0.497 e. The summed E-state index contributed by atoms with van der Waals surface area (Å²) >= 11 is 0. The predicted molar refractivity (Wildman–Crippen MR) is 173 cm³/mol. The highest BCUT2D eigenvalue weighted by atomic mass is 32.2. The Balaban J connectivity index is 0.00000141. The van der Waals surface area contributed by atoms with E-state index in [4.69, 9.17) is 14.6 Å². The van der Waals surface area contributed by atoms with Crippen LogP contribution in [-0.2, 0) is 21.4 Å². The van der Waals surface area contributed by atoms with Gasteiger partial charge in [0.05, 0.1) is 17.7 Å². The van der Waals surface area contributed by atoms with Crippen LogP contribution in [0.1, 0.15) is 13.8 Å². The van der Waals surface area contributed by atoms with Crippen molar-refractivity contribution in [1.29, 1.82) is 0 Å². The Morgan fingerprint density at radius 1 is 0.932 bits per heavy atom. The molecule has 0 amide bonds. The van der Waals surface area contributed by atoms with Gasteiger partial charge in [-0.15, -0.1) is 0 Å². The van der Waals surface area contributed by atoms with Gasteiger partial charge in [-0.25, -0.2) is 18.4 Å². The lowest BCUT2D eigenvalue weighted by Gasteiger charge is -2.18. The molecule has 44 heavy (non-hydrogen) atoms. The summed E-state index contributed by atoms with van der Waals surface area (Å²) in [4.78, 5) is 19.8. The first-order valence-electron chi connectivity index (χ1n) is 14.1. The molecule has 0 fully saturated rings. The van der Waals surface area contributed by atoms with Crippen LogP contribution in [0.5, 0.6) is 5.75 Å². The highest BCUT2D eigenvalue weighted by Gasteiger charge is 2.14. The highest BCUT2D eigenvalue weighted by Crippen LogP contribution is 2.27. The van der Waals surface area contributed by atoms with Crippen molar-refractivity contribution in [2.75, 3.05) is 36.8 Å². The molecule has 0 atom stereocenters. The van der Waals surface area contributed by atoms with Crippen molar-refractivity contribution in [1.82, 2.24) is 19.4 Å². The molecule has 2 aromatic heterocycles. The summed E-state index contributed by atoms with van der Waals surface area (Å²) in [5.74, 6) is 1.23. The SMILES string of the molecule is CCN(CC)CCn1ccc2cc(-c3cc(Nc4ccc(NS(=O)(=O)c5ccc(OC)cc5)cc4)ncn3)ccc21.O=CO. The summed E-state index contributed by atoms with van der Waals surface area (Å²) in [5.41, 5.74) is 4.24. The number of ether oxygens (including phenoxy) is 1. The number of carboxylic acid groups (broad SMARTS) is 1. The summed E-state index contributed by atoms with van der Waals surface area (Å²) in [5, 5.41) is 11.3. The van der Waals surface area contributed by atoms with Gasteiger partial charge < -0.3 is 24.6 Å².